The Morgan fingerprint density at radius 2 is 1.83 bits per heavy atom. The van der Waals surface area contributed by atoms with Crippen LogP contribution in [-0.4, -0.2) is 55.6 Å². The van der Waals surface area contributed by atoms with E-state index in [0.717, 1.165) is 11.1 Å². The Morgan fingerprint density at radius 3 is 2.52 bits per heavy atom. The van der Waals surface area contributed by atoms with Gasteiger partial charge in [-0.1, -0.05) is 48.0 Å². The van der Waals surface area contributed by atoms with E-state index < -0.39 is 40.5 Å². The first-order valence-electron chi connectivity index (χ1n) is 9.11. The minimum absolute atomic E-state index is 0.0680. The van der Waals surface area contributed by atoms with Crippen LogP contribution in [-0.2, 0) is 35.1 Å². The Morgan fingerprint density at radius 1 is 1.14 bits per heavy atom. The van der Waals surface area contributed by atoms with Gasteiger partial charge in [0.25, 0.3) is 10.1 Å². The molecule has 0 aromatic heterocycles. The molecule has 2 heterocycles. The molecule has 0 spiro atoms. The molecule has 0 bridgehead atoms. The van der Waals surface area contributed by atoms with Crippen LogP contribution in [0.15, 0.2) is 59.5 Å². The van der Waals surface area contributed by atoms with Crippen molar-refractivity contribution in [3.8, 4) is 0 Å². The van der Waals surface area contributed by atoms with Crippen LogP contribution in [0.3, 0.4) is 0 Å². The van der Waals surface area contributed by atoms with Gasteiger partial charge in [-0.15, -0.1) is 0 Å². The van der Waals surface area contributed by atoms with Gasteiger partial charge in [0, 0.05) is 0 Å². The molecule has 9 heteroatoms. The summed E-state index contributed by atoms with van der Waals surface area (Å²) in [5.74, 6) is -4.09. The van der Waals surface area contributed by atoms with Crippen LogP contribution in [0.5, 0.6) is 0 Å². The van der Waals surface area contributed by atoms with Gasteiger partial charge in [-0.2, -0.15) is 8.42 Å². The Hall–Kier alpha value is -1.85. The van der Waals surface area contributed by atoms with Crippen molar-refractivity contribution in [2.24, 2.45) is 0 Å². The summed E-state index contributed by atoms with van der Waals surface area (Å²) < 4.78 is 47.3. The summed E-state index contributed by atoms with van der Waals surface area (Å²) in [7, 11) is -4.32. The standard InChI is InChI=1S/C20H22O8S/c1-14-7-9-16(10-8-14)29(23,24)28-19(22)13-27-20(17(21)12-25-18(19)20)26-11-15-5-3-2-4-6-15/h2-10,17-18,21-22H,11-13H2,1H3/t17-,18+,19+,20+/m0/s1. The summed E-state index contributed by atoms with van der Waals surface area (Å²) in [6.45, 7) is 1.14. The first-order valence-corrected chi connectivity index (χ1v) is 10.5. The van der Waals surface area contributed by atoms with Crippen molar-refractivity contribution in [1.29, 1.82) is 0 Å². The fraction of sp³-hybridized carbons (Fsp3) is 0.400. The van der Waals surface area contributed by atoms with E-state index in [1.807, 2.05) is 37.3 Å². The number of aliphatic hydroxyl groups is 2. The SMILES string of the molecule is Cc1ccc(S(=O)(=O)O[C@]2(O)CO[C@]3(OCc4ccccc4)[C@@H](O)CO[C@@H]32)cc1. The molecule has 2 N–H and O–H groups in total. The number of benzene rings is 2. The number of ether oxygens (including phenoxy) is 3. The molecule has 2 saturated heterocycles. The summed E-state index contributed by atoms with van der Waals surface area (Å²) in [6, 6.07) is 15.2. The zero-order chi connectivity index (χ0) is 20.7. The van der Waals surface area contributed by atoms with Crippen LogP contribution in [0, 0.1) is 6.92 Å². The maximum absolute atomic E-state index is 12.7. The lowest BCUT2D eigenvalue weighted by molar-refractivity contribution is -0.266. The molecule has 8 nitrogen and oxygen atoms in total. The summed E-state index contributed by atoms with van der Waals surface area (Å²) in [5, 5.41) is 21.4. The number of hydrogen-bond acceptors (Lipinski definition) is 8. The largest absolute Gasteiger partial charge is 0.385 e. The highest BCUT2D eigenvalue weighted by molar-refractivity contribution is 7.86. The van der Waals surface area contributed by atoms with E-state index in [0.29, 0.717) is 0 Å². The number of hydrogen-bond donors (Lipinski definition) is 2. The van der Waals surface area contributed by atoms with Gasteiger partial charge in [0.15, 0.2) is 6.10 Å². The van der Waals surface area contributed by atoms with E-state index in [2.05, 4.69) is 0 Å². The highest BCUT2D eigenvalue weighted by Gasteiger charge is 2.69. The van der Waals surface area contributed by atoms with Crippen molar-refractivity contribution in [2.75, 3.05) is 13.2 Å². The third-order valence-electron chi connectivity index (χ3n) is 5.04. The van der Waals surface area contributed by atoms with Crippen LogP contribution < -0.4 is 0 Å². The molecule has 0 radical (unpaired) electrons. The van der Waals surface area contributed by atoms with Crippen molar-refractivity contribution in [3.05, 3.63) is 65.7 Å². The van der Waals surface area contributed by atoms with E-state index in [9.17, 15) is 18.6 Å². The molecule has 4 rings (SSSR count). The van der Waals surface area contributed by atoms with Crippen LogP contribution in [0.1, 0.15) is 11.1 Å². The average molecular weight is 422 g/mol. The van der Waals surface area contributed by atoms with E-state index in [1.165, 1.54) is 12.1 Å². The highest BCUT2D eigenvalue weighted by atomic mass is 32.2. The molecule has 29 heavy (non-hydrogen) atoms. The second-order valence-electron chi connectivity index (χ2n) is 7.21. The van der Waals surface area contributed by atoms with Crippen molar-refractivity contribution < 1.29 is 37.0 Å². The Bertz CT molecular complexity index is 962. The van der Waals surface area contributed by atoms with E-state index in [1.54, 1.807) is 12.1 Å². The number of aryl methyl sites for hydroxylation is 1. The maximum Gasteiger partial charge on any atom is 0.299 e. The molecule has 0 unspecified atom stereocenters. The average Bonchev–Trinajstić information content (AvgIpc) is 3.17. The van der Waals surface area contributed by atoms with Gasteiger partial charge in [-0.25, -0.2) is 4.18 Å². The van der Waals surface area contributed by atoms with Gasteiger partial charge in [-0.05, 0) is 24.6 Å². The molecule has 2 aliphatic heterocycles. The first-order chi connectivity index (χ1) is 13.8. The van der Waals surface area contributed by atoms with Gasteiger partial charge in [-0.3, -0.25) is 0 Å². The number of rotatable bonds is 6. The molecule has 2 fully saturated rings. The maximum atomic E-state index is 12.7. The summed E-state index contributed by atoms with van der Waals surface area (Å²) in [5.41, 5.74) is 1.69. The van der Waals surface area contributed by atoms with Crippen molar-refractivity contribution in [1.82, 2.24) is 0 Å². The molecule has 2 aliphatic rings. The monoisotopic (exact) mass is 422 g/mol. The second-order valence-corrected chi connectivity index (χ2v) is 8.76. The van der Waals surface area contributed by atoms with Crippen molar-refractivity contribution in [3.63, 3.8) is 0 Å². The van der Waals surface area contributed by atoms with E-state index in [-0.39, 0.29) is 18.1 Å². The van der Waals surface area contributed by atoms with Gasteiger partial charge >= 0.3 is 0 Å². The fourth-order valence-electron chi connectivity index (χ4n) is 3.50. The van der Waals surface area contributed by atoms with Gasteiger partial charge < -0.3 is 24.4 Å². The summed E-state index contributed by atoms with van der Waals surface area (Å²) in [6.07, 6.45) is -2.58. The molecule has 4 atom stereocenters. The van der Waals surface area contributed by atoms with Crippen LogP contribution in [0.4, 0.5) is 0 Å². The first kappa shape index (κ1) is 20.4. The minimum Gasteiger partial charge on any atom is -0.385 e. The third-order valence-corrected chi connectivity index (χ3v) is 6.39. The minimum atomic E-state index is -4.32. The molecule has 156 valence electrons. The Balaban J connectivity index is 1.56. The third kappa shape index (κ3) is 3.71. The normalized spacial score (nSPS) is 31.7. The molecular weight excluding hydrogens is 400 g/mol. The van der Waals surface area contributed by atoms with Crippen LogP contribution in [0.25, 0.3) is 0 Å². The van der Waals surface area contributed by atoms with Crippen LogP contribution in [0.2, 0.25) is 0 Å². The molecule has 0 amide bonds. The number of aliphatic hydroxyl groups excluding tert-OH is 1. The van der Waals surface area contributed by atoms with E-state index >= 15 is 0 Å². The van der Waals surface area contributed by atoms with Crippen molar-refractivity contribution in [2.45, 2.75) is 42.2 Å². The fourth-order valence-corrected chi connectivity index (χ4v) is 4.58. The Labute approximate surface area is 168 Å². The summed E-state index contributed by atoms with van der Waals surface area (Å²) in [4.78, 5) is -0.113. The highest BCUT2D eigenvalue weighted by Crippen LogP contribution is 2.45. The zero-order valence-corrected chi connectivity index (χ0v) is 16.5. The predicted octanol–water partition coefficient (Wildman–Crippen LogP) is 1.09. The second kappa shape index (κ2) is 7.44. The van der Waals surface area contributed by atoms with Gasteiger partial charge in [0.05, 0.1) is 18.1 Å². The van der Waals surface area contributed by atoms with E-state index in [4.69, 9.17) is 18.4 Å². The van der Waals surface area contributed by atoms with Gasteiger partial charge in [0.1, 0.15) is 12.7 Å². The lowest BCUT2D eigenvalue weighted by Gasteiger charge is -2.32. The lowest BCUT2D eigenvalue weighted by Crippen LogP contribution is -2.54. The van der Waals surface area contributed by atoms with Crippen molar-refractivity contribution >= 4 is 10.1 Å². The molecule has 2 aromatic rings. The lowest BCUT2D eigenvalue weighted by atomic mass is 10.0. The van der Waals surface area contributed by atoms with Gasteiger partial charge in [0.2, 0.25) is 11.6 Å². The predicted molar refractivity (Wildman–Crippen MR) is 100 cm³/mol. The smallest absolute Gasteiger partial charge is 0.299 e. The number of fused-ring (bicyclic) bond motifs is 1. The molecule has 0 saturated carbocycles. The topological polar surface area (TPSA) is 112 Å². The molecular formula is C20H22O8S. The quantitative estimate of drug-likeness (QED) is 0.526. The Kier molecular flexibility index (Phi) is 5.24. The van der Waals surface area contributed by atoms with Crippen LogP contribution >= 0.6 is 0 Å². The molecule has 0 aliphatic carbocycles. The molecule has 2 aromatic carbocycles. The summed E-state index contributed by atoms with van der Waals surface area (Å²) >= 11 is 0. The zero-order valence-electron chi connectivity index (χ0n) is 15.7.